The highest BCUT2D eigenvalue weighted by atomic mass is 14.4. The highest BCUT2D eigenvalue weighted by Gasteiger charge is 2.35. The van der Waals surface area contributed by atoms with Gasteiger partial charge in [0.1, 0.15) is 0 Å². The lowest BCUT2D eigenvalue weighted by atomic mass is 9.63. The van der Waals surface area contributed by atoms with Gasteiger partial charge in [0.05, 0.1) is 0 Å². The Bertz CT molecular complexity index is 461. The van der Waals surface area contributed by atoms with E-state index in [2.05, 4.69) is 41.5 Å². The van der Waals surface area contributed by atoms with E-state index in [1.807, 2.05) is 0 Å². The molecular formula is C42H86. The lowest BCUT2D eigenvalue weighted by Gasteiger charge is -2.43. The Kier molecular flexibility index (Phi) is 31.0. The maximum atomic E-state index is 2.61. The zero-order valence-electron chi connectivity index (χ0n) is 31.0. The molecule has 0 spiro atoms. The molecule has 0 aliphatic rings. The summed E-state index contributed by atoms with van der Waals surface area (Å²) in [5.74, 6) is 0. The number of hydrogen-bond donors (Lipinski definition) is 0. The summed E-state index contributed by atoms with van der Waals surface area (Å²) in [6, 6.07) is 0. The monoisotopic (exact) mass is 591 g/mol. The minimum Gasteiger partial charge on any atom is -0.0654 e. The highest BCUT2D eigenvalue weighted by molar-refractivity contribution is 4.86. The summed E-state index contributed by atoms with van der Waals surface area (Å²) < 4.78 is 0. The minimum atomic E-state index is 0.429. The van der Waals surface area contributed by atoms with E-state index in [-0.39, 0.29) is 0 Å². The van der Waals surface area contributed by atoms with Gasteiger partial charge in [-0.15, -0.1) is 0 Å². The molecule has 0 aliphatic carbocycles. The second-order valence-corrected chi connectivity index (χ2v) is 15.9. The quantitative estimate of drug-likeness (QED) is 0.0654. The first-order valence-corrected chi connectivity index (χ1v) is 20.4. The van der Waals surface area contributed by atoms with E-state index in [1.165, 1.54) is 218 Å². The topological polar surface area (TPSA) is 0 Å². The summed E-state index contributed by atoms with van der Waals surface area (Å²) in [4.78, 5) is 0. The van der Waals surface area contributed by atoms with E-state index < -0.39 is 0 Å². The van der Waals surface area contributed by atoms with Crippen molar-refractivity contribution in [3.05, 3.63) is 0 Å². The molecule has 0 bridgehead atoms. The molecule has 0 radical (unpaired) electrons. The molecule has 0 rings (SSSR count). The Balaban J connectivity index is 3.63. The molecule has 42 heavy (non-hydrogen) atoms. The minimum absolute atomic E-state index is 0.429. The van der Waals surface area contributed by atoms with Crippen molar-refractivity contribution < 1.29 is 0 Å². The normalized spacial score (nSPS) is 12.4. The van der Waals surface area contributed by atoms with Gasteiger partial charge in [0.2, 0.25) is 0 Å². The molecule has 0 heteroatoms. The first kappa shape index (κ1) is 42.0. The van der Waals surface area contributed by atoms with Crippen LogP contribution >= 0.6 is 0 Å². The molecule has 0 aliphatic heterocycles. The van der Waals surface area contributed by atoms with Gasteiger partial charge in [-0.2, -0.15) is 0 Å². The predicted molar refractivity (Wildman–Crippen MR) is 196 cm³/mol. The smallest absolute Gasteiger partial charge is 0.0277 e. The lowest BCUT2D eigenvalue weighted by Crippen LogP contribution is -2.32. The SMILES string of the molecule is CCCCCCCCCCCCCCCCCCC(C)(CCCCCCCCCCCCCCCCCC)C(C)(C)C. The summed E-state index contributed by atoms with van der Waals surface area (Å²) >= 11 is 0. The Hall–Kier alpha value is 0. The summed E-state index contributed by atoms with van der Waals surface area (Å²) in [6.45, 7) is 14.8. The van der Waals surface area contributed by atoms with E-state index in [9.17, 15) is 0 Å². The van der Waals surface area contributed by atoms with Crippen LogP contribution < -0.4 is 0 Å². The van der Waals surface area contributed by atoms with Gasteiger partial charge < -0.3 is 0 Å². The van der Waals surface area contributed by atoms with Crippen molar-refractivity contribution in [2.24, 2.45) is 10.8 Å². The van der Waals surface area contributed by atoms with Crippen molar-refractivity contribution in [2.45, 2.75) is 260 Å². The summed E-state index contributed by atoms with van der Waals surface area (Å²) in [5.41, 5.74) is 0.941. The first-order valence-electron chi connectivity index (χ1n) is 20.4. The molecule has 0 N–H and O–H groups in total. The second kappa shape index (κ2) is 31.0. The highest BCUT2D eigenvalue weighted by Crippen LogP contribution is 2.46. The van der Waals surface area contributed by atoms with Crippen LogP contribution in [0, 0.1) is 10.8 Å². The molecule has 0 saturated heterocycles. The first-order chi connectivity index (χ1) is 20.4. The van der Waals surface area contributed by atoms with Gasteiger partial charge in [-0.3, -0.25) is 0 Å². The lowest BCUT2D eigenvalue weighted by molar-refractivity contribution is 0.0776. The van der Waals surface area contributed by atoms with Gasteiger partial charge in [-0.1, -0.05) is 247 Å². The molecule has 0 unspecified atom stereocenters. The van der Waals surface area contributed by atoms with Gasteiger partial charge in [0.25, 0.3) is 0 Å². The molecule has 0 atom stereocenters. The van der Waals surface area contributed by atoms with Gasteiger partial charge in [0.15, 0.2) is 0 Å². The van der Waals surface area contributed by atoms with Crippen molar-refractivity contribution >= 4 is 0 Å². The Morgan fingerprint density at radius 2 is 0.405 bits per heavy atom. The zero-order valence-corrected chi connectivity index (χ0v) is 31.0. The molecule has 0 heterocycles. The van der Waals surface area contributed by atoms with Crippen molar-refractivity contribution in [2.75, 3.05) is 0 Å². The van der Waals surface area contributed by atoms with Gasteiger partial charge in [-0.05, 0) is 23.7 Å². The fourth-order valence-corrected chi connectivity index (χ4v) is 7.00. The average molecular weight is 591 g/mol. The summed E-state index contributed by atoms with van der Waals surface area (Å²) in [7, 11) is 0. The summed E-state index contributed by atoms with van der Waals surface area (Å²) in [6.07, 6.45) is 49.8. The Morgan fingerprint density at radius 1 is 0.238 bits per heavy atom. The largest absolute Gasteiger partial charge is 0.0654 e. The van der Waals surface area contributed by atoms with Crippen LogP contribution in [0.4, 0.5) is 0 Å². The molecule has 0 aromatic carbocycles. The van der Waals surface area contributed by atoms with Crippen LogP contribution in [0.1, 0.15) is 260 Å². The average Bonchev–Trinajstić information content (AvgIpc) is 2.96. The maximum absolute atomic E-state index is 2.61. The molecule has 0 aromatic rings. The fourth-order valence-electron chi connectivity index (χ4n) is 7.00. The standard InChI is InChI=1S/C42H86/c1-7-9-11-13-15-17-19-21-23-25-27-29-31-33-35-37-39-42(6,41(3,4)5)40-38-36-34-32-30-28-26-24-22-20-18-16-14-12-10-8-2/h7-40H2,1-6H3. The predicted octanol–water partition coefficient (Wildman–Crippen LogP) is 16.3. The number of hydrogen-bond acceptors (Lipinski definition) is 0. The molecule has 0 fully saturated rings. The molecule has 0 amide bonds. The van der Waals surface area contributed by atoms with Crippen molar-refractivity contribution in [1.29, 1.82) is 0 Å². The van der Waals surface area contributed by atoms with Gasteiger partial charge in [-0.25, -0.2) is 0 Å². The molecule has 0 nitrogen and oxygen atoms in total. The molecule has 0 saturated carbocycles. The Morgan fingerprint density at radius 3 is 0.571 bits per heavy atom. The maximum Gasteiger partial charge on any atom is -0.0277 e. The third-order valence-electron chi connectivity index (χ3n) is 11.0. The third kappa shape index (κ3) is 27.5. The van der Waals surface area contributed by atoms with Crippen molar-refractivity contribution in [3.63, 3.8) is 0 Å². The second-order valence-electron chi connectivity index (χ2n) is 15.9. The van der Waals surface area contributed by atoms with E-state index in [0.717, 1.165) is 0 Å². The fraction of sp³-hybridized carbons (Fsp3) is 1.00. The van der Waals surface area contributed by atoms with E-state index >= 15 is 0 Å². The Labute approximate surface area is 270 Å². The van der Waals surface area contributed by atoms with Crippen LogP contribution in [0.5, 0.6) is 0 Å². The van der Waals surface area contributed by atoms with Crippen LogP contribution in [-0.2, 0) is 0 Å². The van der Waals surface area contributed by atoms with Crippen LogP contribution in [0.3, 0.4) is 0 Å². The van der Waals surface area contributed by atoms with Gasteiger partial charge >= 0.3 is 0 Å². The third-order valence-corrected chi connectivity index (χ3v) is 11.0. The van der Waals surface area contributed by atoms with E-state index in [4.69, 9.17) is 0 Å². The van der Waals surface area contributed by atoms with E-state index in [0.29, 0.717) is 10.8 Å². The summed E-state index contributed by atoms with van der Waals surface area (Å²) in [5, 5.41) is 0. The van der Waals surface area contributed by atoms with Crippen molar-refractivity contribution in [1.82, 2.24) is 0 Å². The van der Waals surface area contributed by atoms with Gasteiger partial charge in [0, 0.05) is 0 Å². The van der Waals surface area contributed by atoms with E-state index in [1.54, 1.807) is 0 Å². The van der Waals surface area contributed by atoms with Crippen LogP contribution in [0.25, 0.3) is 0 Å². The number of unbranched alkanes of at least 4 members (excludes halogenated alkanes) is 30. The molecular weight excluding hydrogens is 504 g/mol. The van der Waals surface area contributed by atoms with Crippen molar-refractivity contribution in [3.8, 4) is 0 Å². The molecule has 254 valence electrons. The van der Waals surface area contributed by atoms with Crippen LogP contribution in [-0.4, -0.2) is 0 Å². The molecule has 0 aromatic heterocycles. The zero-order chi connectivity index (χ0) is 31.0. The van der Waals surface area contributed by atoms with Crippen LogP contribution in [0.15, 0.2) is 0 Å². The van der Waals surface area contributed by atoms with Crippen LogP contribution in [0.2, 0.25) is 0 Å². The number of rotatable bonds is 34.